The summed E-state index contributed by atoms with van der Waals surface area (Å²) in [5.74, 6) is 2.31. The minimum atomic E-state index is 0.344. The fraction of sp³-hybridized carbons (Fsp3) is 0.909. The van der Waals surface area contributed by atoms with Gasteiger partial charge in [0, 0.05) is 12.3 Å². The van der Waals surface area contributed by atoms with Crippen LogP contribution < -0.4 is 0 Å². The lowest BCUT2D eigenvalue weighted by Gasteiger charge is -2.10. The van der Waals surface area contributed by atoms with Crippen LogP contribution in [-0.4, -0.2) is 5.78 Å². The van der Waals surface area contributed by atoms with Crippen LogP contribution in [0.5, 0.6) is 0 Å². The molecule has 3 atom stereocenters. The highest BCUT2D eigenvalue weighted by Gasteiger charge is 2.61. The zero-order valence-electron chi connectivity index (χ0n) is 8.26. The van der Waals surface area contributed by atoms with E-state index in [9.17, 15) is 4.79 Å². The molecule has 0 saturated heterocycles. The summed E-state index contributed by atoms with van der Waals surface area (Å²) in [5.41, 5.74) is 0.344. The molecular weight excluding hydrogens is 148 g/mol. The molecule has 2 aliphatic rings. The first kappa shape index (κ1) is 8.28. The van der Waals surface area contributed by atoms with Crippen molar-refractivity contribution < 1.29 is 4.79 Å². The first-order valence-corrected chi connectivity index (χ1v) is 5.06. The first-order chi connectivity index (χ1) is 5.53. The van der Waals surface area contributed by atoms with Gasteiger partial charge >= 0.3 is 0 Å². The van der Waals surface area contributed by atoms with Gasteiger partial charge in [-0.05, 0) is 30.1 Å². The number of ketones is 1. The Labute approximate surface area is 74.5 Å². The Kier molecular flexibility index (Phi) is 1.61. The summed E-state index contributed by atoms with van der Waals surface area (Å²) in [6, 6.07) is 0. The molecule has 1 nitrogen and oxygen atoms in total. The van der Waals surface area contributed by atoms with Crippen molar-refractivity contribution in [3.63, 3.8) is 0 Å². The van der Waals surface area contributed by atoms with Gasteiger partial charge in [-0.1, -0.05) is 20.8 Å². The van der Waals surface area contributed by atoms with E-state index in [1.54, 1.807) is 0 Å². The Morgan fingerprint density at radius 2 is 2.00 bits per heavy atom. The maximum absolute atomic E-state index is 11.7. The summed E-state index contributed by atoms with van der Waals surface area (Å²) in [7, 11) is 0. The molecule has 12 heavy (non-hydrogen) atoms. The fourth-order valence-electron chi connectivity index (χ4n) is 2.96. The number of hydrogen-bond acceptors (Lipinski definition) is 1. The van der Waals surface area contributed by atoms with Gasteiger partial charge in [0.05, 0.1) is 0 Å². The van der Waals surface area contributed by atoms with Crippen molar-refractivity contribution in [3.05, 3.63) is 0 Å². The van der Waals surface area contributed by atoms with Crippen LogP contribution in [0.15, 0.2) is 0 Å². The van der Waals surface area contributed by atoms with Crippen molar-refractivity contribution in [2.45, 2.75) is 40.0 Å². The normalized spacial score (nSPS) is 44.9. The number of carbonyl (C=O) groups is 1. The van der Waals surface area contributed by atoms with Gasteiger partial charge in [-0.25, -0.2) is 0 Å². The van der Waals surface area contributed by atoms with Crippen LogP contribution >= 0.6 is 0 Å². The summed E-state index contributed by atoms with van der Waals surface area (Å²) >= 11 is 0. The van der Waals surface area contributed by atoms with Crippen LogP contribution in [0.4, 0.5) is 0 Å². The molecule has 0 amide bonds. The van der Waals surface area contributed by atoms with Gasteiger partial charge in [-0.15, -0.1) is 0 Å². The van der Waals surface area contributed by atoms with E-state index in [4.69, 9.17) is 0 Å². The van der Waals surface area contributed by atoms with Crippen LogP contribution in [0.3, 0.4) is 0 Å². The largest absolute Gasteiger partial charge is 0.299 e. The van der Waals surface area contributed by atoms with E-state index in [2.05, 4.69) is 20.8 Å². The summed E-state index contributed by atoms with van der Waals surface area (Å²) in [6.45, 7) is 6.70. The molecule has 1 heteroatoms. The Bertz CT molecular complexity index is 217. The number of rotatable bonds is 0. The van der Waals surface area contributed by atoms with Gasteiger partial charge in [0.25, 0.3) is 0 Å². The van der Waals surface area contributed by atoms with Crippen LogP contribution in [-0.2, 0) is 4.79 Å². The summed E-state index contributed by atoms with van der Waals surface area (Å²) in [5, 5.41) is 0. The molecule has 2 saturated carbocycles. The van der Waals surface area contributed by atoms with E-state index in [0.717, 1.165) is 12.3 Å². The number of hydrogen-bond donors (Lipinski definition) is 0. The Morgan fingerprint density at radius 3 is 2.67 bits per heavy atom. The molecular formula is C11H18O. The lowest BCUT2D eigenvalue weighted by atomic mass is 9.94. The maximum Gasteiger partial charge on any atom is 0.137 e. The van der Waals surface area contributed by atoms with E-state index in [0.29, 0.717) is 23.0 Å². The first-order valence-electron chi connectivity index (χ1n) is 5.06. The maximum atomic E-state index is 11.7. The smallest absolute Gasteiger partial charge is 0.137 e. The predicted octanol–water partition coefficient (Wildman–Crippen LogP) is 2.65. The van der Waals surface area contributed by atoms with Crippen LogP contribution in [0.1, 0.15) is 40.0 Å². The summed E-state index contributed by atoms with van der Waals surface area (Å²) in [4.78, 5) is 11.7. The van der Waals surface area contributed by atoms with Gasteiger partial charge in [0.15, 0.2) is 0 Å². The SMILES string of the molecule is CC1CCC2C(C(=O)C1)C2(C)C. The quantitative estimate of drug-likeness (QED) is 0.540. The van der Waals surface area contributed by atoms with Crippen molar-refractivity contribution in [2.24, 2.45) is 23.2 Å². The summed E-state index contributed by atoms with van der Waals surface area (Å²) < 4.78 is 0. The second-order valence-corrected chi connectivity index (χ2v) is 5.26. The third-order valence-corrected chi connectivity index (χ3v) is 3.92. The van der Waals surface area contributed by atoms with Gasteiger partial charge in [-0.2, -0.15) is 0 Å². The highest BCUT2D eigenvalue weighted by molar-refractivity contribution is 5.85. The second-order valence-electron chi connectivity index (χ2n) is 5.26. The highest BCUT2D eigenvalue weighted by Crippen LogP contribution is 2.62. The van der Waals surface area contributed by atoms with Crippen LogP contribution in [0, 0.1) is 23.2 Å². The van der Waals surface area contributed by atoms with Gasteiger partial charge in [0.1, 0.15) is 5.78 Å². The van der Waals surface area contributed by atoms with Gasteiger partial charge in [-0.3, -0.25) is 4.79 Å². The molecule has 68 valence electrons. The Hall–Kier alpha value is -0.330. The van der Waals surface area contributed by atoms with Gasteiger partial charge < -0.3 is 0 Å². The molecule has 0 aromatic rings. The standard InChI is InChI=1S/C11H18O/c1-7-4-5-8-10(9(12)6-7)11(8,2)3/h7-8,10H,4-6H2,1-3H3. The van der Waals surface area contributed by atoms with Crippen molar-refractivity contribution in [3.8, 4) is 0 Å². The van der Waals surface area contributed by atoms with E-state index in [1.807, 2.05) is 0 Å². The van der Waals surface area contributed by atoms with Crippen molar-refractivity contribution in [1.82, 2.24) is 0 Å². The summed E-state index contributed by atoms with van der Waals surface area (Å²) in [6.07, 6.45) is 3.38. The molecule has 2 aliphatic carbocycles. The molecule has 0 bridgehead atoms. The van der Waals surface area contributed by atoms with Crippen molar-refractivity contribution in [1.29, 1.82) is 0 Å². The minimum Gasteiger partial charge on any atom is -0.299 e. The van der Waals surface area contributed by atoms with E-state index in [-0.39, 0.29) is 0 Å². The molecule has 0 radical (unpaired) electrons. The minimum absolute atomic E-state index is 0.344. The zero-order chi connectivity index (χ0) is 8.93. The molecule has 2 fully saturated rings. The molecule has 2 rings (SSSR count). The molecule has 0 spiro atoms. The molecule has 0 aromatic carbocycles. The third kappa shape index (κ3) is 1.02. The number of Topliss-reactive ketones (excluding diaryl/α,β-unsaturated/α-hetero) is 1. The van der Waals surface area contributed by atoms with E-state index < -0.39 is 0 Å². The van der Waals surface area contributed by atoms with E-state index >= 15 is 0 Å². The van der Waals surface area contributed by atoms with Crippen molar-refractivity contribution >= 4 is 5.78 Å². The van der Waals surface area contributed by atoms with Gasteiger partial charge in [0.2, 0.25) is 0 Å². The molecule has 0 aliphatic heterocycles. The average Bonchev–Trinajstić information content (AvgIpc) is 2.52. The second kappa shape index (κ2) is 2.34. The molecule has 0 heterocycles. The lowest BCUT2D eigenvalue weighted by molar-refractivity contribution is -0.121. The zero-order valence-corrected chi connectivity index (χ0v) is 8.26. The Morgan fingerprint density at radius 1 is 1.33 bits per heavy atom. The van der Waals surface area contributed by atoms with E-state index in [1.165, 1.54) is 12.8 Å². The van der Waals surface area contributed by atoms with Crippen LogP contribution in [0.2, 0.25) is 0 Å². The number of carbonyl (C=O) groups excluding carboxylic acids is 1. The highest BCUT2D eigenvalue weighted by atomic mass is 16.1. The number of fused-ring (bicyclic) bond motifs is 1. The monoisotopic (exact) mass is 166 g/mol. The fourth-order valence-corrected chi connectivity index (χ4v) is 2.96. The molecule has 0 N–H and O–H groups in total. The van der Waals surface area contributed by atoms with Crippen molar-refractivity contribution in [2.75, 3.05) is 0 Å². The topological polar surface area (TPSA) is 17.1 Å². The lowest BCUT2D eigenvalue weighted by Crippen LogP contribution is -2.09. The molecule has 3 unspecified atom stereocenters. The molecule has 0 aromatic heterocycles. The predicted molar refractivity (Wildman–Crippen MR) is 48.8 cm³/mol. The average molecular weight is 166 g/mol. The third-order valence-electron chi connectivity index (χ3n) is 3.92. The Balaban J connectivity index is 2.13. The van der Waals surface area contributed by atoms with Crippen LogP contribution in [0.25, 0.3) is 0 Å².